The molecule has 0 aromatic carbocycles. The van der Waals surface area contributed by atoms with Crippen molar-refractivity contribution in [3.05, 3.63) is 0 Å². The Kier molecular flexibility index (Phi) is 7.16. The Bertz CT molecular complexity index is 462. The van der Waals surface area contributed by atoms with Crippen LogP contribution < -0.4 is 10.6 Å². The number of hydrogen-bond acceptors (Lipinski definition) is 6. The maximum Gasteiger partial charge on any atom is 0.286 e. The number of hydrogen-bond donors (Lipinski definition) is 2. The van der Waals surface area contributed by atoms with Crippen LogP contribution in [0.25, 0.3) is 0 Å². The molecule has 2 aliphatic heterocycles. The van der Waals surface area contributed by atoms with E-state index in [1.54, 1.807) is 0 Å². The van der Waals surface area contributed by atoms with Crippen LogP contribution >= 0.6 is 11.8 Å². The Balaban J connectivity index is 1.29. The smallest absolute Gasteiger partial charge is 0.286 e. The van der Waals surface area contributed by atoms with E-state index in [-0.39, 0.29) is 16.4 Å². The van der Waals surface area contributed by atoms with Gasteiger partial charge < -0.3 is 10.1 Å². The highest BCUT2D eigenvalue weighted by Crippen LogP contribution is 2.34. The lowest BCUT2D eigenvalue weighted by Crippen LogP contribution is -2.47. The van der Waals surface area contributed by atoms with E-state index in [2.05, 4.69) is 22.6 Å². The number of carbonyl (C=O) groups is 2. The van der Waals surface area contributed by atoms with Gasteiger partial charge in [0.15, 0.2) is 0 Å². The van der Waals surface area contributed by atoms with Gasteiger partial charge in [-0.2, -0.15) is 0 Å². The maximum atomic E-state index is 11.7. The topological polar surface area (TPSA) is 70.7 Å². The summed E-state index contributed by atoms with van der Waals surface area (Å²) in [6.45, 7) is 2.89. The van der Waals surface area contributed by atoms with Crippen molar-refractivity contribution in [2.45, 2.75) is 68.9 Å². The van der Waals surface area contributed by atoms with Gasteiger partial charge in [-0.3, -0.25) is 19.8 Å². The van der Waals surface area contributed by atoms with E-state index in [1.807, 2.05) is 0 Å². The van der Waals surface area contributed by atoms with Gasteiger partial charge in [0.2, 0.25) is 5.91 Å². The first kappa shape index (κ1) is 19.1. The summed E-state index contributed by atoms with van der Waals surface area (Å²) >= 11 is 1.16. The second kappa shape index (κ2) is 9.35. The molecule has 6 nitrogen and oxygen atoms in total. The van der Waals surface area contributed by atoms with Crippen molar-refractivity contribution in [1.29, 1.82) is 0 Å². The van der Waals surface area contributed by atoms with E-state index < -0.39 is 0 Å². The van der Waals surface area contributed by atoms with E-state index in [1.165, 1.54) is 19.3 Å². The lowest BCUT2D eigenvalue weighted by molar-refractivity contribution is -0.119. The van der Waals surface area contributed by atoms with Crippen molar-refractivity contribution < 1.29 is 14.3 Å². The van der Waals surface area contributed by atoms with Crippen LogP contribution in [0.1, 0.15) is 51.4 Å². The summed E-state index contributed by atoms with van der Waals surface area (Å²) in [6, 6.07) is 0. The van der Waals surface area contributed by atoms with Crippen molar-refractivity contribution >= 4 is 22.9 Å². The first-order valence-corrected chi connectivity index (χ1v) is 10.6. The lowest BCUT2D eigenvalue weighted by Gasteiger charge is -2.33. The van der Waals surface area contributed by atoms with Crippen LogP contribution in [0.4, 0.5) is 4.79 Å². The Hall–Kier alpha value is -0.630. The van der Waals surface area contributed by atoms with Crippen LogP contribution in [-0.2, 0) is 9.53 Å². The Morgan fingerprint density at radius 3 is 2.60 bits per heavy atom. The zero-order chi connectivity index (χ0) is 17.6. The number of imide groups is 1. The molecule has 1 saturated carbocycles. The van der Waals surface area contributed by atoms with Gasteiger partial charge in [0, 0.05) is 6.54 Å². The maximum absolute atomic E-state index is 11.7. The molecule has 1 unspecified atom stereocenters. The quantitative estimate of drug-likeness (QED) is 0.718. The fraction of sp³-hybridized carbons (Fsp3) is 0.889. The van der Waals surface area contributed by atoms with Gasteiger partial charge in [-0.15, -0.1) is 0 Å². The number of nitrogens with zero attached hydrogens (tertiary/aromatic N) is 1. The van der Waals surface area contributed by atoms with Crippen molar-refractivity contribution in [2.24, 2.45) is 5.92 Å². The molecule has 0 radical (unpaired) electrons. The molecule has 2 N–H and O–H groups in total. The molecule has 0 aromatic heterocycles. The molecule has 25 heavy (non-hydrogen) atoms. The second-order valence-corrected chi connectivity index (χ2v) is 8.75. The first-order chi connectivity index (χ1) is 12.1. The highest BCUT2D eigenvalue weighted by Gasteiger charge is 2.34. The molecule has 1 aliphatic carbocycles. The molecule has 0 bridgehead atoms. The average Bonchev–Trinajstić information content (AvgIpc) is 2.94. The summed E-state index contributed by atoms with van der Waals surface area (Å²) < 4.78 is 6.09. The summed E-state index contributed by atoms with van der Waals surface area (Å²) in [5, 5.41) is 5.58. The summed E-state index contributed by atoms with van der Waals surface area (Å²) in [6.07, 6.45) is 9.87. The number of ether oxygens (including phenoxy) is 1. The van der Waals surface area contributed by atoms with Gasteiger partial charge in [-0.25, -0.2) is 0 Å². The molecular weight excluding hydrogens is 338 g/mol. The summed E-state index contributed by atoms with van der Waals surface area (Å²) in [5.74, 6) is 0.441. The van der Waals surface area contributed by atoms with E-state index in [9.17, 15) is 9.59 Å². The molecule has 0 aromatic rings. The molecule has 2 saturated heterocycles. The van der Waals surface area contributed by atoms with Crippen LogP contribution in [0.15, 0.2) is 0 Å². The van der Waals surface area contributed by atoms with Gasteiger partial charge in [-0.1, -0.05) is 11.8 Å². The predicted molar refractivity (Wildman–Crippen MR) is 99.5 cm³/mol. The Morgan fingerprint density at radius 2 is 1.96 bits per heavy atom. The predicted octanol–water partition coefficient (Wildman–Crippen LogP) is 2.33. The standard InChI is InChI=1S/C18H31N3O3S/c1-21(16-4-2-3-9-19-16)10-11-24-14-7-5-13(6-8-14)12-15-17(22)20-18(23)25-15/h13-16,19H,2-12H2,1H3,(H,20,22,23)/t13?,14?,15-,16?/m1/s1. The number of piperidine rings is 1. The molecule has 2 heterocycles. The number of rotatable bonds is 7. The summed E-state index contributed by atoms with van der Waals surface area (Å²) in [5.41, 5.74) is 0. The Morgan fingerprint density at radius 1 is 1.16 bits per heavy atom. The van der Waals surface area contributed by atoms with Gasteiger partial charge in [0.05, 0.1) is 24.1 Å². The monoisotopic (exact) mass is 369 g/mol. The SMILES string of the molecule is CN(CCOC1CCC(C[C@H]2SC(=O)NC2=O)CC1)C1CCCCN1. The van der Waals surface area contributed by atoms with Crippen LogP contribution in [0.5, 0.6) is 0 Å². The fourth-order valence-corrected chi connectivity index (χ4v) is 5.07. The van der Waals surface area contributed by atoms with Crippen molar-refractivity contribution in [2.75, 3.05) is 26.7 Å². The molecule has 3 aliphatic rings. The molecule has 3 fully saturated rings. The highest BCUT2D eigenvalue weighted by atomic mass is 32.2. The zero-order valence-electron chi connectivity index (χ0n) is 15.2. The van der Waals surface area contributed by atoms with E-state index in [0.717, 1.165) is 63.6 Å². The fourth-order valence-electron chi connectivity index (χ4n) is 4.11. The van der Waals surface area contributed by atoms with Crippen molar-refractivity contribution in [3.63, 3.8) is 0 Å². The highest BCUT2D eigenvalue weighted by molar-refractivity contribution is 8.15. The molecular formula is C18H31N3O3S. The molecule has 0 spiro atoms. The van der Waals surface area contributed by atoms with Crippen molar-refractivity contribution in [1.82, 2.24) is 15.5 Å². The minimum atomic E-state index is -0.191. The largest absolute Gasteiger partial charge is 0.377 e. The summed E-state index contributed by atoms with van der Waals surface area (Å²) in [7, 11) is 2.18. The van der Waals surface area contributed by atoms with Crippen LogP contribution in [0, 0.1) is 5.92 Å². The minimum Gasteiger partial charge on any atom is -0.377 e. The second-order valence-electron chi connectivity index (χ2n) is 7.58. The van der Waals surface area contributed by atoms with Gasteiger partial charge >= 0.3 is 0 Å². The van der Waals surface area contributed by atoms with Gasteiger partial charge in [-0.05, 0) is 70.9 Å². The van der Waals surface area contributed by atoms with Crippen LogP contribution in [0.2, 0.25) is 0 Å². The third-order valence-corrected chi connectivity index (χ3v) is 6.73. The number of thioether (sulfide) groups is 1. The Labute approximate surface area is 154 Å². The molecule has 2 atom stereocenters. The van der Waals surface area contributed by atoms with E-state index >= 15 is 0 Å². The number of nitrogens with one attached hydrogen (secondary N) is 2. The van der Waals surface area contributed by atoms with Gasteiger partial charge in [0.25, 0.3) is 5.24 Å². The zero-order valence-corrected chi connectivity index (χ0v) is 16.0. The molecule has 142 valence electrons. The van der Waals surface area contributed by atoms with E-state index in [4.69, 9.17) is 4.74 Å². The third-order valence-electron chi connectivity index (χ3n) is 5.72. The average molecular weight is 370 g/mol. The number of amides is 2. The van der Waals surface area contributed by atoms with E-state index in [0.29, 0.717) is 18.2 Å². The third kappa shape index (κ3) is 5.67. The number of likely N-dealkylation sites (N-methyl/N-ethyl adjacent to an activating group) is 1. The molecule has 2 amide bonds. The normalized spacial score (nSPS) is 33.7. The number of carbonyl (C=O) groups excluding carboxylic acids is 2. The van der Waals surface area contributed by atoms with Crippen LogP contribution in [-0.4, -0.2) is 60.3 Å². The lowest BCUT2D eigenvalue weighted by atomic mass is 9.84. The minimum absolute atomic E-state index is 0.104. The first-order valence-electron chi connectivity index (χ1n) is 9.68. The van der Waals surface area contributed by atoms with Crippen LogP contribution in [0.3, 0.4) is 0 Å². The summed E-state index contributed by atoms with van der Waals surface area (Å²) in [4.78, 5) is 25.3. The molecule has 3 rings (SSSR count). The molecule has 7 heteroatoms. The van der Waals surface area contributed by atoms with Gasteiger partial charge in [0.1, 0.15) is 0 Å². The van der Waals surface area contributed by atoms with Crippen molar-refractivity contribution in [3.8, 4) is 0 Å².